The van der Waals surface area contributed by atoms with Gasteiger partial charge in [-0.3, -0.25) is 0 Å². The molecule has 0 aliphatic rings. The van der Waals surface area contributed by atoms with Crippen LogP contribution in [0.25, 0.3) is 0 Å². The van der Waals surface area contributed by atoms with E-state index in [1.165, 1.54) is 5.56 Å². The molecule has 0 radical (unpaired) electrons. The number of para-hydroxylation sites is 1. The lowest BCUT2D eigenvalue weighted by molar-refractivity contribution is 0.0497. The molecule has 0 fully saturated rings. The molecule has 0 amide bonds. The number of benzene rings is 2. The molecule has 0 saturated carbocycles. The third-order valence-electron chi connectivity index (χ3n) is 3.01. The monoisotopic (exact) mass is 270 g/mol. The molecule has 0 N–H and O–H groups in total. The van der Waals surface area contributed by atoms with E-state index in [0.29, 0.717) is 17.9 Å². The molecule has 3 heteroatoms. The predicted molar refractivity (Wildman–Crippen MR) is 78.0 cm³/mol. The predicted octanol–water partition coefficient (Wildman–Crippen LogP) is 3.48. The zero-order valence-electron chi connectivity index (χ0n) is 11.5. The first-order chi connectivity index (χ1) is 9.81. The Morgan fingerprint density at radius 3 is 2.45 bits per heavy atom. The first kappa shape index (κ1) is 14.1. The normalized spacial score (nSPS) is 10.1. The Hall–Kier alpha value is -2.29. The van der Waals surface area contributed by atoms with Gasteiger partial charge in [0, 0.05) is 0 Å². The molecule has 0 spiro atoms. The van der Waals surface area contributed by atoms with Crippen molar-refractivity contribution in [3.63, 3.8) is 0 Å². The molecule has 0 aromatic heterocycles. The molecule has 104 valence electrons. The lowest BCUT2D eigenvalue weighted by Crippen LogP contribution is -2.08. The topological polar surface area (TPSA) is 35.5 Å². The standard InChI is InChI=1S/C17H18O3/c1-19-16-12-6-5-11-15(16)17(18)20-13-7-10-14-8-3-2-4-9-14/h2-6,8-9,11-12H,7,10,13H2,1H3. The van der Waals surface area contributed by atoms with Gasteiger partial charge in [0.05, 0.1) is 13.7 Å². The van der Waals surface area contributed by atoms with Crippen molar-refractivity contribution in [2.24, 2.45) is 0 Å². The van der Waals surface area contributed by atoms with Gasteiger partial charge in [0.25, 0.3) is 0 Å². The van der Waals surface area contributed by atoms with Crippen molar-refractivity contribution in [1.82, 2.24) is 0 Å². The van der Waals surface area contributed by atoms with E-state index in [1.807, 2.05) is 24.3 Å². The van der Waals surface area contributed by atoms with E-state index < -0.39 is 0 Å². The van der Waals surface area contributed by atoms with Gasteiger partial charge in [-0.1, -0.05) is 42.5 Å². The van der Waals surface area contributed by atoms with E-state index in [2.05, 4.69) is 12.1 Å². The maximum atomic E-state index is 11.9. The second-order valence-corrected chi connectivity index (χ2v) is 4.43. The largest absolute Gasteiger partial charge is 0.496 e. The van der Waals surface area contributed by atoms with Crippen molar-refractivity contribution in [1.29, 1.82) is 0 Å². The highest BCUT2D eigenvalue weighted by Gasteiger charge is 2.12. The molecule has 0 aliphatic heterocycles. The summed E-state index contributed by atoms with van der Waals surface area (Å²) in [6.07, 6.45) is 1.71. The average Bonchev–Trinajstić information content (AvgIpc) is 2.52. The van der Waals surface area contributed by atoms with Gasteiger partial charge in [0.2, 0.25) is 0 Å². The Kier molecular flexibility index (Phi) is 5.18. The minimum atomic E-state index is -0.337. The van der Waals surface area contributed by atoms with Crippen LogP contribution < -0.4 is 4.74 Å². The molecular weight excluding hydrogens is 252 g/mol. The van der Waals surface area contributed by atoms with Crippen molar-refractivity contribution in [2.45, 2.75) is 12.8 Å². The van der Waals surface area contributed by atoms with E-state index in [-0.39, 0.29) is 5.97 Å². The molecule has 0 atom stereocenters. The number of aryl methyl sites for hydroxylation is 1. The van der Waals surface area contributed by atoms with Gasteiger partial charge in [-0.05, 0) is 30.5 Å². The molecule has 0 heterocycles. The molecule has 0 aliphatic carbocycles. The average molecular weight is 270 g/mol. The minimum Gasteiger partial charge on any atom is -0.496 e. The van der Waals surface area contributed by atoms with Crippen LogP contribution in [0, 0.1) is 0 Å². The summed E-state index contributed by atoms with van der Waals surface area (Å²) < 4.78 is 10.4. The van der Waals surface area contributed by atoms with Crippen molar-refractivity contribution in [3.8, 4) is 5.75 Å². The van der Waals surface area contributed by atoms with Crippen molar-refractivity contribution < 1.29 is 14.3 Å². The number of hydrogen-bond donors (Lipinski definition) is 0. The third-order valence-corrected chi connectivity index (χ3v) is 3.01. The number of carbonyl (C=O) groups excluding carboxylic acids is 1. The summed E-state index contributed by atoms with van der Waals surface area (Å²) in [5.74, 6) is 0.205. The van der Waals surface area contributed by atoms with Crippen LogP contribution in [0.4, 0.5) is 0 Å². The van der Waals surface area contributed by atoms with Crippen LogP contribution in [0.3, 0.4) is 0 Å². The fourth-order valence-electron chi connectivity index (χ4n) is 1.98. The Morgan fingerprint density at radius 2 is 1.70 bits per heavy atom. The number of rotatable bonds is 6. The Bertz CT molecular complexity index is 549. The quantitative estimate of drug-likeness (QED) is 0.595. The molecule has 20 heavy (non-hydrogen) atoms. The maximum Gasteiger partial charge on any atom is 0.341 e. The maximum absolute atomic E-state index is 11.9. The summed E-state index contributed by atoms with van der Waals surface area (Å²) in [5, 5.41) is 0. The Balaban J connectivity index is 1.81. The van der Waals surface area contributed by atoms with E-state index in [4.69, 9.17) is 9.47 Å². The highest BCUT2D eigenvalue weighted by molar-refractivity contribution is 5.92. The van der Waals surface area contributed by atoms with Crippen molar-refractivity contribution in [2.75, 3.05) is 13.7 Å². The second-order valence-electron chi connectivity index (χ2n) is 4.43. The van der Waals surface area contributed by atoms with Crippen molar-refractivity contribution in [3.05, 3.63) is 65.7 Å². The van der Waals surface area contributed by atoms with Crippen molar-refractivity contribution >= 4 is 5.97 Å². The van der Waals surface area contributed by atoms with Crippen LogP contribution in [-0.4, -0.2) is 19.7 Å². The molecule has 0 unspecified atom stereocenters. The van der Waals surface area contributed by atoms with Gasteiger partial charge < -0.3 is 9.47 Å². The highest BCUT2D eigenvalue weighted by atomic mass is 16.5. The zero-order valence-corrected chi connectivity index (χ0v) is 11.5. The fourth-order valence-corrected chi connectivity index (χ4v) is 1.98. The van der Waals surface area contributed by atoms with Crippen LogP contribution in [0.1, 0.15) is 22.3 Å². The summed E-state index contributed by atoms with van der Waals surface area (Å²) in [5.41, 5.74) is 1.72. The summed E-state index contributed by atoms with van der Waals surface area (Å²) in [6.45, 7) is 0.409. The summed E-state index contributed by atoms with van der Waals surface area (Å²) >= 11 is 0. The van der Waals surface area contributed by atoms with Crippen LogP contribution in [0.15, 0.2) is 54.6 Å². The molecule has 2 aromatic carbocycles. The fraction of sp³-hybridized carbons (Fsp3) is 0.235. The second kappa shape index (κ2) is 7.34. The first-order valence-electron chi connectivity index (χ1n) is 6.65. The van der Waals surface area contributed by atoms with Gasteiger partial charge in [0.15, 0.2) is 0 Å². The van der Waals surface area contributed by atoms with Crippen LogP contribution >= 0.6 is 0 Å². The van der Waals surface area contributed by atoms with Crippen LogP contribution in [-0.2, 0) is 11.2 Å². The number of esters is 1. The minimum absolute atomic E-state index is 0.337. The number of hydrogen-bond acceptors (Lipinski definition) is 3. The number of methoxy groups -OCH3 is 1. The molecule has 0 bridgehead atoms. The van der Waals surface area contributed by atoms with E-state index >= 15 is 0 Å². The molecule has 3 nitrogen and oxygen atoms in total. The Labute approximate surface area is 119 Å². The molecule has 2 rings (SSSR count). The lowest BCUT2D eigenvalue weighted by Gasteiger charge is -2.08. The first-order valence-corrected chi connectivity index (χ1v) is 6.65. The van der Waals surface area contributed by atoms with E-state index in [0.717, 1.165) is 12.8 Å². The van der Waals surface area contributed by atoms with Gasteiger partial charge in [-0.15, -0.1) is 0 Å². The van der Waals surface area contributed by atoms with E-state index in [9.17, 15) is 4.79 Å². The number of ether oxygens (including phenoxy) is 2. The van der Waals surface area contributed by atoms with Gasteiger partial charge in [-0.2, -0.15) is 0 Å². The SMILES string of the molecule is COc1ccccc1C(=O)OCCCc1ccccc1. The molecular formula is C17H18O3. The van der Waals surface area contributed by atoms with Gasteiger partial charge in [0.1, 0.15) is 11.3 Å². The van der Waals surface area contributed by atoms with E-state index in [1.54, 1.807) is 25.3 Å². The van der Waals surface area contributed by atoms with Gasteiger partial charge in [-0.25, -0.2) is 4.79 Å². The summed E-state index contributed by atoms with van der Waals surface area (Å²) in [6, 6.07) is 17.2. The Morgan fingerprint density at radius 1 is 1.00 bits per heavy atom. The number of carbonyl (C=O) groups is 1. The highest BCUT2D eigenvalue weighted by Crippen LogP contribution is 2.18. The zero-order chi connectivity index (χ0) is 14.2. The summed E-state index contributed by atoms with van der Waals surface area (Å²) in [4.78, 5) is 11.9. The lowest BCUT2D eigenvalue weighted by atomic mass is 10.1. The van der Waals surface area contributed by atoms with Crippen LogP contribution in [0.2, 0.25) is 0 Å². The van der Waals surface area contributed by atoms with Crippen LogP contribution in [0.5, 0.6) is 5.75 Å². The van der Waals surface area contributed by atoms with Gasteiger partial charge >= 0.3 is 5.97 Å². The smallest absolute Gasteiger partial charge is 0.341 e. The molecule has 2 aromatic rings. The third kappa shape index (κ3) is 3.85. The molecule has 0 saturated heterocycles. The summed E-state index contributed by atoms with van der Waals surface area (Å²) in [7, 11) is 1.54.